The molecule has 1 aromatic heterocycles. The molecular formula is C10H16N2O3. The summed E-state index contributed by atoms with van der Waals surface area (Å²) in [5, 5.41) is 17.2. The van der Waals surface area contributed by atoms with Crippen LogP contribution in [0.3, 0.4) is 0 Å². The maximum Gasteiger partial charge on any atom is 0.233 e. The van der Waals surface area contributed by atoms with Gasteiger partial charge >= 0.3 is 0 Å². The number of rotatable bonds is 5. The second-order valence-corrected chi connectivity index (χ2v) is 3.40. The molecule has 0 radical (unpaired) electrons. The average molecular weight is 212 g/mol. The second kappa shape index (κ2) is 5.63. The van der Waals surface area contributed by atoms with Gasteiger partial charge < -0.3 is 14.6 Å². The quantitative estimate of drug-likeness (QED) is 0.787. The molecule has 1 unspecified atom stereocenters. The van der Waals surface area contributed by atoms with E-state index in [4.69, 9.17) is 9.47 Å². The highest BCUT2D eigenvalue weighted by Crippen LogP contribution is 2.12. The fraction of sp³-hybridized carbons (Fsp3) is 0.600. The first-order valence-corrected chi connectivity index (χ1v) is 4.80. The molecule has 0 aliphatic carbocycles. The topological polar surface area (TPSA) is 64.5 Å². The van der Waals surface area contributed by atoms with Crippen molar-refractivity contribution in [2.24, 2.45) is 0 Å². The summed E-state index contributed by atoms with van der Waals surface area (Å²) in [5.74, 6) is 0.427. The van der Waals surface area contributed by atoms with E-state index in [0.29, 0.717) is 11.6 Å². The number of hydrogen-bond acceptors (Lipinski definition) is 5. The van der Waals surface area contributed by atoms with Crippen LogP contribution in [0.1, 0.15) is 25.6 Å². The lowest BCUT2D eigenvalue weighted by atomic mass is 10.2. The Morgan fingerprint density at radius 3 is 2.53 bits per heavy atom. The van der Waals surface area contributed by atoms with E-state index in [-0.39, 0.29) is 12.7 Å². The lowest BCUT2D eigenvalue weighted by molar-refractivity contribution is 0.00287. The van der Waals surface area contributed by atoms with E-state index >= 15 is 0 Å². The van der Waals surface area contributed by atoms with Crippen molar-refractivity contribution in [1.29, 1.82) is 0 Å². The molecular weight excluding hydrogens is 196 g/mol. The molecule has 5 nitrogen and oxygen atoms in total. The Balaban J connectivity index is 2.54. The van der Waals surface area contributed by atoms with Crippen LogP contribution in [-0.2, 0) is 4.74 Å². The molecule has 5 heteroatoms. The average Bonchev–Trinajstić information content (AvgIpc) is 2.26. The Kier molecular flexibility index (Phi) is 4.45. The predicted molar refractivity (Wildman–Crippen MR) is 54.6 cm³/mol. The van der Waals surface area contributed by atoms with Crippen molar-refractivity contribution in [1.82, 2.24) is 10.2 Å². The molecule has 0 fully saturated rings. The fourth-order valence-corrected chi connectivity index (χ4v) is 0.986. The SMILES string of the molecule is COc1ccc(C(O)COC(C)C)nn1. The molecule has 1 aromatic rings. The molecule has 0 aliphatic rings. The summed E-state index contributed by atoms with van der Waals surface area (Å²) in [6.45, 7) is 4.04. The normalized spacial score (nSPS) is 12.9. The molecule has 1 N–H and O–H groups in total. The van der Waals surface area contributed by atoms with Crippen molar-refractivity contribution in [2.75, 3.05) is 13.7 Å². The fourth-order valence-electron chi connectivity index (χ4n) is 0.986. The molecule has 0 spiro atoms. The first-order valence-electron chi connectivity index (χ1n) is 4.80. The van der Waals surface area contributed by atoms with Crippen LogP contribution in [-0.4, -0.2) is 35.1 Å². The van der Waals surface area contributed by atoms with Crippen molar-refractivity contribution < 1.29 is 14.6 Å². The monoisotopic (exact) mass is 212 g/mol. The summed E-state index contributed by atoms with van der Waals surface area (Å²) < 4.78 is 10.1. The smallest absolute Gasteiger partial charge is 0.233 e. The summed E-state index contributed by atoms with van der Waals surface area (Å²) in [5.41, 5.74) is 0.483. The molecule has 1 heterocycles. The van der Waals surface area contributed by atoms with E-state index in [2.05, 4.69) is 10.2 Å². The second-order valence-electron chi connectivity index (χ2n) is 3.40. The van der Waals surface area contributed by atoms with Crippen LogP contribution in [0.25, 0.3) is 0 Å². The van der Waals surface area contributed by atoms with Crippen LogP contribution in [0.5, 0.6) is 5.88 Å². The number of methoxy groups -OCH3 is 1. The van der Waals surface area contributed by atoms with Gasteiger partial charge in [-0.05, 0) is 19.9 Å². The summed E-state index contributed by atoms with van der Waals surface area (Å²) in [6, 6.07) is 3.32. The van der Waals surface area contributed by atoms with Crippen molar-refractivity contribution in [3.63, 3.8) is 0 Å². The van der Waals surface area contributed by atoms with Crippen molar-refractivity contribution in [3.05, 3.63) is 17.8 Å². The third-order valence-electron chi connectivity index (χ3n) is 1.80. The van der Waals surface area contributed by atoms with Crippen LogP contribution in [0.15, 0.2) is 12.1 Å². The van der Waals surface area contributed by atoms with Crippen LogP contribution in [0.2, 0.25) is 0 Å². The van der Waals surface area contributed by atoms with Gasteiger partial charge in [0, 0.05) is 6.07 Å². The third kappa shape index (κ3) is 3.81. The first-order chi connectivity index (χ1) is 7.13. The maximum absolute atomic E-state index is 9.66. The number of ether oxygens (including phenoxy) is 2. The zero-order valence-corrected chi connectivity index (χ0v) is 9.17. The van der Waals surface area contributed by atoms with Crippen LogP contribution >= 0.6 is 0 Å². The maximum atomic E-state index is 9.66. The highest BCUT2D eigenvalue weighted by Gasteiger charge is 2.10. The Morgan fingerprint density at radius 1 is 1.33 bits per heavy atom. The van der Waals surface area contributed by atoms with Gasteiger partial charge in [0.25, 0.3) is 0 Å². The van der Waals surface area contributed by atoms with Gasteiger partial charge in [-0.15, -0.1) is 10.2 Å². The molecule has 15 heavy (non-hydrogen) atoms. The van der Waals surface area contributed by atoms with Gasteiger partial charge in [-0.25, -0.2) is 0 Å². The number of aliphatic hydroxyl groups is 1. The lowest BCUT2D eigenvalue weighted by Crippen LogP contribution is -2.13. The zero-order valence-electron chi connectivity index (χ0n) is 9.17. The van der Waals surface area contributed by atoms with Gasteiger partial charge in [0.15, 0.2) is 0 Å². The highest BCUT2D eigenvalue weighted by atomic mass is 16.5. The van der Waals surface area contributed by atoms with Crippen molar-refractivity contribution in [3.8, 4) is 5.88 Å². The van der Waals surface area contributed by atoms with Crippen LogP contribution in [0.4, 0.5) is 0 Å². The van der Waals surface area contributed by atoms with Crippen LogP contribution < -0.4 is 4.74 Å². The van der Waals surface area contributed by atoms with Gasteiger partial charge in [0.05, 0.1) is 25.5 Å². The molecule has 0 aliphatic heterocycles. The van der Waals surface area contributed by atoms with Crippen LogP contribution in [0, 0.1) is 0 Å². The summed E-state index contributed by atoms with van der Waals surface area (Å²) in [4.78, 5) is 0. The minimum atomic E-state index is -0.745. The molecule has 1 atom stereocenters. The number of nitrogens with zero attached hydrogens (tertiary/aromatic N) is 2. The molecule has 0 saturated carbocycles. The Labute approximate surface area is 89.1 Å². The van der Waals surface area contributed by atoms with E-state index in [1.807, 2.05) is 13.8 Å². The lowest BCUT2D eigenvalue weighted by Gasteiger charge is -2.12. The number of aromatic nitrogens is 2. The molecule has 0 saturated heterocycles. The van der Waals surface area contributed by atoms with Gasteiger partial charge in [-0.1, -0.05) is 0 Å². The molecule has 0 bridgehead atoms. The predicted octanol–water partition coefficient (Wildman–Crippen LogP) is 0.944. The van der Waals surface area contributed by atoms with E-state index in [9.17, 15) is 5.11 Å². The largest absolute Gasteiger partial charge is 0.480 e. The summed E-state index contributed by atoms with van der Waals surface area (Å²) in [7, 11) is 1.52. The van der Waals surface area contributed by atoms with Crippen molar-refractivity contribution >= 4 is 0 Å². The summed E-state index contributed by atoms with van der Waals surface area (Å²) >= 11 is 0. The number of aliphatic hydroxyl groups excluding tert-OH is 1. The van der Waals surface area contributed by atoms with Gasteiger partial charge in [0.1, 0.15) is 6.10 Å². The molecule has 1 rings (SSSR count). The number of hydrogen-bond donors (Lipinski definition) is 1. The Bertz CT molecular complexity index is 287. The van der Waals surface area contributed by atoms with Gasteiger partial charge in [0.2, 0.25) is 5.88 Å². The molecule has 0 amide bonds. The van der Waals surface area contributed by atoms with E-state index in [1.54, 1.807) is 12.1 Å². The standard InChI is InChI=1S/C10H16N2O3/c1-7(2)15-6-9(13)8-4-5-10(14-3)12-11-8/h4-5,7,9,13H,6H2,1-3H3. The first kappa shape index (κ1) is 11.9. The summed E-state index contributed by atoms with van der Waals surface area (Å²) in [6.07, 6.45) is -0.656. The Morgan fingerprint density at radius 2 is 2.07 bits per heavy atom. The van der Waals surface area contributed by atoms with Gasteiger partial charge in [-0.2, -0.15) is 0 Å². The van der Waals surface area contributed by atoms with E-state index < -0.39 is 6.10 Å². The van der Waals surface area contributed by atoms with Crippen molar-refractivity contribution in [2.45, 2.75) is 26.1 Å². The van der Waals surface area contributed by atoms with E-state index in [0.717, 1.165) is 0 Å². The third-order valence-corrected chi connectivity index (χ3v) is 1.80. The highest BCUT2D eigenvalue weighted by molar-refractivity contribution is 5.12. The minimum absolute atomic E-state index is 0.0888. The zero-order chi connectivity index (χ0) is 11.3. The minimum Gasteiger partial charge on any atom is -0.480 e. The Hall–Kier alpha value is -1.20. The molecule has 0 aromatic carbocycles. The molecule has 84 valence electrons. The van der Waals surface area contributed by atoms with E-state index in [1.165, 1.54) is 7.11 Å². The van der Waals surface area contributed by atoms with Gasteiger partial charge in [-0.3, -0.25) is 0 Å².